The molecular weight excluding hydrogens is 244 g/mol. The lowest BCUT2D eigenvalue weighted by Crippen LogP contribution is -2.42. The van der Waals surface area contributed by atoms with E-state index in [0.717, 1.165) is 18.7 Å². The first-order valence-electron chi connectivity index (χ1n) is 6.54. The second kappa shape index (κ2) is 5.21. The van der Waals surface area contributed by atoms with Crippen LogP contribution >= 0.6 is 0 Å². The zero-order chi connectivity index (χ0) is 14.0. The number of hydrogen-bond acceptors (Lipinski definition) is 4. The molecule has 6 nitrogen and oxygen atoms in total. The third-order valence-electron chi connectivity index (χ3n) is 3.07. The fourth-order valence-electron chi connectivity index (χ4n) is 2.27. The SMILES string of the molecule is Cn1cc([C@@H]2CNC[C@@H]2NC(=O)OC(C)(C)C)cn1. The van der Waals surface area contributed by atoms with E-state index >= 15 is 0 Å². The van der Waals surface area contributed by atoms with Crippen LogP contribution in [0, 0.1) is 0 Å². The van der Waals surface area contributed by atoms with Crippen molar-refractivity contribution in [2.75, 3.05) is 13.1 Å². The van der Waals surface area contributed by atoms with E-state index < -0.39 is 5.60 Å². The standard InChI is InChI=1S/C13H22N4O2/c1-13(2,3)19-12(18)16-11-7-14-6-10(11)9-5-15-17(4)8-9/h5,8,10-11,14H,6-7H2,1-4H3,(H,16,18)/t10-,11-/m0/s1. The first-order valence-corrected chi connectivity index (χ1v) is 6.54. The number of rotatable bonds is 2. The molecule has 2 rings (SSSR count). The molecule has 106 valence electrons. The van der Waals surface area contributed by atoms with Crippen molar-refractivity contribution in [3.63, 3.8) is 0 Å². The van der Waals surface area contributed by atoms with Gasteiger partial charge >= 0.3 is 6.09 Å². The minimum absolute atomic E-state index is 0.0408. The summed E-state index contributed by atoms with van der Waals surface area (Å²) in [6.07, 6.45) is 3.47. The molecule has 0 bridgehead atoms. The van der Waals surface area contributed by atoms with Crippen molar-refractivity contribution in [1.29, 1.82) is 0 Å². The third-order valence-corrected chi connectivity index (χ3v) is 3.07. The summed E-state index contributed by atoms with van der Waals surface area (Å²) in [5.41, 5.74) is 0.661. The van der Waals surface area contributed by atoms with Gasteiger partial charge in [-0.15, -0.1) is 0 Å². The molecule has 19 heavy (non-hydrogen) atoms. The number of amides is 1. The molecule has 2 N–H and O–H groups in total. The van der Waals surface area contributed by atoms with Gasteiger partial charge in [0.2, 0.25) is 0 Å². The topological polar surface area (TPSA) is 68.2 Å². The van der Waals surface area contributed by atoms with Gasteiger partial charge in [0.05, 0.1) is 12.2 Å². The van der Waals surface area contributed by atoms with Crippen LogP contribution < -0.4 is 10.6 Å². The Morgan fingerprint density at radius 1 is 1.53 bits per heavy atom. The van der Waals surface area contributed by atoms with Gasteiger partial charge in [-0.25, -0.2) is 4.79 Å². The average molecular weight is 266 g/mol. The number of carbonyl (C=O) groups is 1. The maximum atomic E-state index is 11.8. The van der Waals surface area contributed by atoms with Crippen molar-refractivity contribution in [3.8, 4) is 0 Å². The van der Waals surface area contributed by atoms with Crippen LogP contribution in [0.2, 0.25) is 0 Å². The van der Waals surface area contributed by atoms with Crippen molar-refractivity contribution >= 4 is 6.09 Å². The maximum absolute atomic E-state index is 11.8. The molecular formula is C13H22N4O2. The molecule has 1 aromatic heterocycles. The number of nitrogens with zero attached hydrogens (tertiary/aromatic N) is 2. The van der Waals surface area contributed by atoms with Crippen LogP contribution in [0.4, 0.5) is 4.79 Å². The Kier molecular flexibility index (Phi) is 3.80. The molecule has 1 aliphatic heterocycles. The molecule has 0 saturated carbocycles. The summed E-state index contributed by atoms with van der Waals surface area (Å²) in [4.78, 5) is 11.8. The zero-order valence-corrected chi connectivity index (χ0v) is 11.9. The molecule has 0 spiro atoms. The van der Waals surface area contributed by atoms with Gasteiger partial charge in [-0.2, -0.15) is 5.10 Å². The van der Waals surface area contributed by atoms with Crippen molar-refractivity contribution in [2.24, 2.45) is 7.05 Å². The largest absolute Gasteiger partial charge is 0.444 e. The van der Waals surface area contributed by atoms with Gasteiger partial charge in [0.1, 0.15) is 5.60 Å². The highest BCUT2D eigenvalue weighted by Gasteiger charge is 2.31. The number of carbonyl (C=O) groups excluding carboxylic acids is 1. The Hall–Kier alpha value is -1.56. The minimum atomic E-state index is -0.472. The van der Waals surface area contributed by atoms with E-state index in [0.29, 0.717) is 0 Å². The lowest BCUT2D eigenvalue weighted by Gasteiger charge is -2.23. The Morgan fingerprint density at radius 3 is 2.84 bits per heavy atom. The molecule has 6 heteroatoms. The Morgan fingerprint density at radius 2 is 2.26 bits per heavy atom. The summed E-state index contributed by atoms with van der Waals surface area (Å²) >= 11 is 0. The molecule has 1 aromatic rings. The van der Waals surface area contributed by atoms with Crippen LogP contribution in [0.15, 0.2) is 12.4 Å². The van der Waals surface area contributed by atoms with Crippen molar-refractivity contribution in [3.05, 3.63) is 18.0 Å². The van der Waals surface area contributed by atoms with E-state index in [1.54, 1.807) is 4.68 Å². The Bertz CT molecular complexity index is 450. The van der Waals surface area contributed by atoms with E-state index in [-0.39, 0.29) is 18.1 Å². The van der Waals surface area contributed by atoms with Gasteiger partial charge < -0.3 is 15.4 Å². The van der Waals surface area contributed by atoms with Gasteiger partial charge in [-0.3, -0.25) is 4.68 Å². The number of alkyl carbamates (subject to hydrolysis) is 1. The second-order valence-electron chi connectivity index (χ2n) is 5.96. The highest BCUT2D eigenvalue weighted by molar-refractivity contribution is 5.68. The summed E-state index contributed by atoms with van der Waals surface area (Å²) < 4.78 is 7.07. The summed E-state index contributed by atoms with van der Waals surface area (Å²) in [7, 11) is 1.89. The maximum Gasteiger partial charge on any atom is 0.407 e. The van der Waals surface area contributed by atoms with Crippen molar-refractivity contribution in [2.45, 2.75) is 38.3 Å². The van der Waals surface area contributed by atoms with Crippen LogP contribution in [-0.2, 0) is 11.8 Å². The van der Waals surface area contributed by atoms with E-state index in [1.165, 1.54) is 0 Å². The summed E-state index contributed by atoms with van der Waals surface area (Å²) in [5.74, 6) is 0.237. The lowest BCUT2D eigenvalue weighted by atomic mass is 9.97. The van der Waals surface area contributed by atoms with Gasteiger partial charge in [0, 0.05) is 32.3 Å². The van der Waals surface area contributed by atoms with E-state index in [2.05, 4.69) is 15.7 Å². The summed E-state index contributed by atoms with van der Waals surface area (Å²) in [6, 6.07) is 0.0408. The minimum Gasteiger partial charge on any atom is -0.444 e. The van der Waals surface area contributed by atoms with E-state index in [9.17, 15) is 4.79 Å². The molecule has 1 saturated heterocycles. The molecule has 0 radical (unpaired) electrons. The van der Waals surface area contributed by atoms with Crippen molar-refractivity contribution < 1.29 is 9.53 Å². The molecule has 1 fully saturated rings. The molecule has 0 aromatic carbocycles. The molecule has 0 aliphatic carbocycles. The average Bonchev–Trinajstić information content (AvgIpc) is 2.83. The highest BCUT2D eigenvalue weighted by atomic mass is 16.6. The quantitative estimate of drug-likeness (QED) is 0.838. The number of ether oxygens (including phenoxy) is 1. The number of nitrogens with one attached hydrogen (secondary N) is 2. The molecule has 2 atom stereocenters. The number of aromatic nitrogens is 2. The van der Waals surface area contributed by atoms with Gasteiger partial charge in [0.15, 0.2) is 0 Å². The normalized spacial score (nSPS) is 23.4. The molecule has 2 heterocycles. The van der Waals surface area contributed by atoms with Crippen LogP contribution in [0.3, 0.4) is 0 Å². The Balaban J connectivity index is 1.98. The monoisotopic (exact) mass is 266 g/mol. The van der Waals surface area contributed by atoms with Crippen molar-refractivity contribution in [1.82, 2.24) is 20.4 Å². The van der Waals surface area contributed by atoms with Gasteiger partial charge in [-0.05, 0) is 26.3 Å². The van der Waals surface area contributed by atoms with Crippen LogP contribution in [0.5, 0.6) is 0 Å². The summed E-state index contributed by atoms with van der Waals surface area (Å²) in [6.45, 7) is 7.17. The molecule has 0 unspecified atom stereocenters. The summed E-state index contributed by atoms with van der Waals surface area (Å²) in [5, 5.41) is 10.4. The third kappa shape index (κ3) is 3.70. The number of hydrogen-bond donors (Lipinski definition) is 2. The first kappa shape index (κ1) is 13.9. The fraction of sp³-hybridized carbons (Fsp3) is 0.692. The smallest absolute Gasteiger partial charge is 0.407 e. The van der Waals surface area contributed by atoms with Gasteiger partial charge in [0.25, 0.3) is 0 Å². The van der Waals surface area contributed by atoms with E-state index in [1.807, 2.05) is 40.2 Å². The Labute approximate surface area is 113 Å². The van der Waals surface area contributed by atoms with Gasteiger partial charge in [-0.1, -0.05) is 0 Å². The zero-order valence-electron chi connectivity index (χ0n) is 11.9. The predicted molar refractivity (Wildman–Crippen MR) is 72.0 cm³/mol. The van der Waals surface area contributed by atoms with E-state index in [4.69, 9.17) is 4.74 Å². The fourth-order valence-corrected chi connectivity index (χ4v) is 2.27. The second-order valence-corrected chi connectivity index (χ2v) is 5.96. The number of aryl methyl sites for hydroxylation is 1. The van der Waals surface area contributed by atoms with Crippen LogP contribution in [0.1, 0.15) is 32.3 Å². The molecule has 1 amide bonds. The molecule has 1 aliphatic rings. The first-order chi connectivity index (χ1) is 8.85. The predicted octanol–water partition coefficient (Wildman–Crippen LogP) is 1.00. The lowest BCUT2D eigenvalue weighted by molar-refractivity contribution is 0.0504. The van der Waals surface area contributed by atoms with Crippen LogP contribution in [0.25, 0.3) is 0 Å². The highest BCUT2D eigenvalue weighted by Crippen LogP contribution is 2.22. The van der Waals surface area contributed by atoms with Crippen LogP contribution in [-0.4, -0.2) is 40.6 Å².